The normalized spacial score (nSPS) is 13.6. The SMILES string of the molecule is O=C(CCC(=O)N1CCN(C(=O)c2cc(F)ccc2F)CC1)c1ccc(-c2ccccc2)cc1. The Morgan fingerprint density at radius 1 is 0.706 bits per heavy atom. The van der Waals surface area contributed by atoms with Crippen molar-refractivity contribution < 1.29 is 23.2 Å². The first-order valence-corrected chi connectivity index (χ1v) is 11.1. The van der Waals surface area contributed by atoms with E-state index in [1.54, 1.807) is 17.0 Å². The Morgan fingerprint density at radius 3 is 2.00 bits per heavy atom. The van der Waals surface area contributed by atoms with Gasteiger partial charge in [0.1, 0.15) is 11.6 Å². The lowest BCUT2D eigenvalue weighted by Crippen LogP contribution is -2.50. The molecule has 0 radical (unpaired) electrons. The van der Waals surface area contributed by atoms with Crippen LogP contribution in [-0.2, 0) is 4.79 Å². The second-order valence-electron chi connectivity index (χ2n) is 8.16. The van der Waals surface area contributed by atoms with Crippen LogP contribution in [0, 0.1) is 11.6 Å². The van der Waals surface area contributed by atoms with Crippen LogP contribution in [-0.4, -0.2) is 53.6 Å². The van der Waals surface area contributed by atoms with Crippen LogP contribution in [0.4, 0.5) is 8.78 Å². The fourth-order valence-electron chi connectivity index (χ4n) is 3.99. The van der Waals surface area contributed by atoms with E-state index in [2.05, 4.69) is 0 Å². The van der Waals surface area contributed by atoms with Crippen LogP contribution in [0.5, 0.6) is 0 Å². The molecule has 3 aromatic rings. The molecule has 0 N–H and O–H groups in total. The van der Waals surface area contributed by atoms with Crippen LogP contribution < -0.4 is 0 Å². The van der Waals surface area contributed by atoms with Crippen molar-refractivity contribution in [2.75, 3.05) is 26.2 Å². The minimum absolute atomic E-state index is 0.0751. The number of amides is 2. The minimum Gasteiger partial charge on any atom is -0.339 e. The number of rotatable bonds is 6. The minimum atomic E-state index is -0.778. The summed E-state index contributed by atoms with van der Waals surface area (Å²) in [6.07, 6.45) is 0.170. The highest BCUT2D eigenvalue weighted by atomic mass is 19.1. The molecule has 1 fully saturated rings. The summed E-state index contributed by atoms with van der Waals surface area (Å²) in [6.45, 7) is 0.994. The highest BCUT2D eigenvalue weighted by molar-refractivity contribution is 5.98. The van der Waals surface area contributed by atoms with E-state index < -0.39 is 17.5 Å². The number of piperazine rings is 1. The molecule has 1 aliphatic heterocycles. The highest BCUT2D eigenvalue weighted by Crippen LogP contribution is 2.20. The Kier molecular flexibility index (Phi) is 7.11. The Labute approximate surface area is 196 Å². The Bertz CT molecular complexity index is 1190. The van der Waals surface area contributed by atoms with Crippen molar-refractivity contribution in [3.05, 3.63) is 95.6 Å². The van der Waals surface area contributed by atoms with Gasteiger partial charge in [0.2, 0.25) is 5.91 Å². The molecule has 3 aromatic carbocycles. The van der Waals surface area contributed by atoms with Gasteiger partial charge in [0.25, 0.3) is 5.91 Å². The fraction of sp³-hybridized carbons (Fsp3) is 0.222. The van der Waals surface area contributed by atoms with Gasteiger partial charge >= 0.3 is 0 Å². The molecule has 0 bridgehead atoms. The Hall–Kier alpha value is -3.87. The van der Waals surface area contributed by atoms with Crippen LogP contribution in [0.25, 0.3) is 11.1 Å². The van der Waals surface area contributed by atoms with Crippen molar-refractivity contribution in [3.63, 3.8) is 0 Å². The molecule has 2 amide bonds. The molecule has 0 aliphatic carbocycles. The largest absolute Gasteiger partial charge is 0.339 e. The van der Waals surface area contributed by atoms with Gasteiger partial charge in [0, 0.05) is 44.6 Å². The average Bonchev–Trinajstić information content (AvgIpc) is 2.88. The van der Waals surface area contributed by atoms with Crippen molar-refractivity contribution in [1.82, 2.24) is 9.80 Å². The quantitative estimate of drug-likeness (QED) is 0.504. The van der Waals surface area contributed by atoms with E-state index in [0.29, 0.717) is 5.56 Å². The molecule has 1 aliphatic rings. The van der Waals surface area contributed by atoms with Crippen molar-refractivity contribution in [3.8, 4) is 11.1 Å². The number of nitrogens with zero attached hydrogens (tertiary/aromatic N) is 2. The van der Waals surface area contributed by atoms with Gasteiger partial charge in [0.15, 0.2) is 5.78 Å². The van der Waals surface area contributed by atoms with Crippen LogP contribution in [0.15, 0.2) is 72.8 Å². The number of halogens is 2. The lowest BCUT2D eigenvalue weighted by Gasteiger charge is -2.35. The summed E-state index contributed by atoms with van der Waals surface area (Å²) in [5.74, 6) is -2.34. The monoisotopic (exact) mass is 462 g/mol. The zero-order valence-corrected chi connectivity index (χ0v) is 18.5. The Balaban J connectivity index is 1.27. The number of carbonyl (C=O) groups excluding carboxylic acids is 3. The van der Waals surface area contributed by atoms with Gasteiger partial charge in [-0.25, -0.2) is 8.78 Å². The van der Waals surface area contributed by atoms with Gasteiger partial charge in [-0.3, -0.25) is 14.4 Å². The standard InChI is InChI=1S/C27H24F2N2O3/c28-22-10-11-24(29)23(18-22)27(34)31-16-14-30(15-17-31)26(33)13-12-25(32)21-8-6-20(7-9-21)19-4-2-1-3-5-19/h1-11,18H,12-17H2. The molecule has 0 atom stereocenters. The van der Waals surface area contributed by atoms with Gasteiger partial charge in [0.05, 0.1) is 5.56 Å². The number of Topliss-reactive ketones (excluding diaryl/α,β-unsaturated/α-hetero) is 1. The summed E-state index contributed by atoms with van der Waals surface area (Å²) in [4.78, 5) is 40.6. The number of hydrogen-bond donors (Lipinski definition) is 0. The summed E-state index contributed by atoms with van der Waals surface area (Å²) in [6, 6.07) is 19.9. The van der Waals surface area contributed by atoms with E-state index >= 15 is 0 Å². The van der Waals surface area contributed by atoms with Crippen molar-refractivity contribution in [2.24, 2.45) is 0 Å². The van der Waals surface area contributed by atoms with E-state index in [1.165, 1.54) is 4.90 Å². The molecular weight excluding hydrogens is 438 g/mol. The molecule has 7 heteroatoms. The molecule has 174 valence electrons. The maximum absolute atomic E-state index is 13.9. The first-order chi connectivity index (χ1) is 16.4. The molecule has 0 unspecified atom stereocenters. The molecule has 1 heterocycles. The smallest absolute Gasteiger partial charge is 0.257 e. The molecule has 34 heavy (non-hydrogen) atoms. The second kappa shape index (κ2) is 10.4. The summed E-state index contributed by atoms with van der Waals surface area (Å²) in [5, 5.41) is 0. The van der Waals surface area contributed by atoms with Gasteiger partial charge in [-0.05, 0) is 29.3 Å². The van der Waals surface area contributed by atoms with E-state index in [0.717, 1.165) is 29.3 Å². The summed E-state index contributed by atoms with van der Waals surface area (Å²) >= 11 is 0. The molecule has 0 saturated carbocycles. The van der Waals surface area contributed by atoms with Gasteiger partial charge in [-0.1, -0.05) is 54.6 Å². The number of ketones is 1. The molecule has 1 saturated heterocycles. The molecule has 4 rings (SSSR count). The van der Waals surface area contributed by atoms with E-state index in [1.807, 2.05) is 42.5 Å². The zero-order chi connectivity index (χ0) is 24.1. The third kappa shape index (κ3) is 5.36. The summed E-state index contributed by atoms with van der Waals surface area (Å²) in [5.41, 5.74) is 2.32. The topological polar surface area (TPSA) is 57.7 Å². The van der Waals surface area contributed by atoms with Crippen LogP contribution >= 0.6 is 0 Å². The molecule has 5 nitrogen and oxygen atoms in total. The van der Waals surface area contributed by atoms with Crippen molar-refractivity contribution in [2.45, 2.75) is 12.8 Å². The van der Waals surface area contributed by atoms with Crippen LogP contribution in [0.2, 0.25) is 0 Å². The maximum Gasteiger partial charge on any atom is 0.257 e. The maximum atomic E-state index is 13.9. The molecular formula is C27H24F2N2O3. The number of carbonyl (C=O) groups is 3. The highest BCUT2D eigenvalue weighted by Gasteiger charge is 2.26. The number of benzene rings is 3. The first-order valence-electron chi connectivity index (χ1n) is 11.1. The lowest BCUT2D eigenvalue weighted by molar-refractivity contribution is -0.132. The van der Waals surface area contributed by atoms with E-state index in [4.69, 9.17) is 0 Å². The van der Waals surface area contributed by atoms with E-state index in [-0.39, 0.29) is 56.3 Å². The summed E-state index contributed by atoms with van der Waals surface area (Å²) < 4.78 is 27.3. The van der Waals surface area contributed by atoms with Gasteiger partial charge < -0.3 is 9.80 Å². The van der Waals surface area contributed by atoms with Crippen LogP contribution in [0.1, 0.15) is 33.6 Å². The molecule has 0 spiro atoms. The predicted octanol–water partition coefficient (Wildman–Crippen LogP) is 4.58. The van der Waals surface area contributed by atoms with Gasteiger partial charge in [-0.2, -0.15) is 0 Å². The third-order valence-corrected chi connectivity index (χ3v) is 5.96. The molecule has 0 aromatic heterocycles. The van der Waals surface area contributed by atoms with Crippen molar-refractivity contribution >= 4 is 17.6 Å². The third-order valence-electron chi connectivity index (χ3n) is 5.96. The second-order valence-corrected chi connectivity index (χ2v) is 8.16. The zero-order valence-electron chi connectivity index (χ0n) is 18.5. The summed E-state index contributed by atoms with van der Waals surface area (Å²) in [7, 11) is 0. The predicted molar refractivity (Wildman–Crippen MR) is 124 cm³/mol. The van der Waals surface area contributed by atoms with E-state index in [9.17, 15) is 23.2 Å². The average molecular weight is 462 g/mol. The van der Waals surface area contributed by atoms with Crippen molar-refractivity contribution in [1.29, 1.82) is 0 Å². The first kappa shape index (κ1) is 23.3. The lowest BCUT2D eigenvalue weighted by atomic mass is 10.0. The fourth-order valence-corrected chi connectivity index (χ4v) is 3.99. The number of hydrogen-bond acceptors (Lipinski definition) is 3. The van der Waals surface area contributed by atoms with Gasteiger partial charge in [-0.15, -0.1) is 0 Å². The Morgan fingerprint density at radius 2 is 1.32 bits per heavy atom. The van der Waals surface area contributed by atoms with Crippen LogP contribution in [0.3, 0.4) is 0 Å².